The van der Waals surface area contributed by atoms with Gasteiger partial charge in [-0.25, -0.2) is 4.98 Å². The van der Waals surface area contributed by atoms with Crippen molar-refractivity contribution in [3.63, 3.8) is 0 Å². The zero-order chi connectivity index (χ0) is 16.4. The van der Waals surface area contributed by atoms with Crippen molar-refractivity contribution in [1.82, 2.24) is 15.3 Å². The summed E-state index contributed by atoms with van der Waals surface area (Å²) in [7, 11) is 0. The second-order valence-electron chi connectivity index (χ2n) is 6.14. The van der Waals surface area contributed by atoms with Gasteiger partial charge in [-0.1, -0.05) is 31.2 Å². The van der Waals surface area contributed by atoms with Gasteiger partial charge < -0.3 is 10.3 Å². The lowest BCUT2D eigenvalue weighted by Crippen LogP contribution is -2.40. The Morgan fingerprint density at radius 2 is 2.04 bits per heavy atom. The minimum atomic E-state index is -0.713. The van der Waals surface area contributed by atoms with Gasteiger partial charge in [-0.2, -0.15) is 0 Å². The maximum atomic E-state index is 12.2. The zero-order valence-electron chi connectivity index (χ0n) is 13.2. The minimum Gasteiger partial charge on any atom is -0.341 e. The van der Waals surface area contributed by atoms with E-state index in [1.807, 2.05) is 25.1 Å². The molecule has 0 aliphatic heterocycles. The molecule has 120 valence electrons. The number of nitrogens with one attached hydrogen (secondary N) is 3. The van der Waals surface area contributed by atoms with Crippen LogP contribution in [0.1, 0.15) is 36.2 Å². The van der Waals surface area contributed by atoms with Crippen molar-refractivity contribution in [1.29, 1.82) is 0 Å². The number of benzene rings is 1. The zero-order valence-corrected chi connectivity index (χ0v) is 13.2. The number of hydrogen-bond acceptors (Lipinski definition) is 3. The number of amides is 2. The van der Waals surface area contributed by atoms with Crippen LogP contribution < -0.4 is 10.6 Å². The molecule has 0 saturated carbocycles. The number of nitrogens with zero attached hydrogens (tertiary/aromatic N) is 1. The van der Waals surface area contributed by atoms with Crippen molar-refractivity contribution in [2.45, 2.75) is 32.7 Å². The average molecular weight is 312 g/mol. The van der Waals surface area contributed by atoms with Crippen LogP contribution in [0.2, 0.25) is 0 Å². The molecule has 0 fully saturated rings. The van der Waals surface area contributed by atoms with Gasteiger partial charge >= 0.3 is 11.8 Å². The van der Waals surface area contributed by atoms with Gasteiger partial charge in [0.05, 0.1) is 6.04 Å². The summed E-state index contributed by atoms with van der Waals surface area (Å²) < 4.78 is 0. The molecule has 0 radical (unpaired) electrons. The Hall–Kier alpha value is -2.63. The van der Waals surface area contributed by atoms with Gasteiger partial charge in [0.2, 0.25) is 5.95 Å². The fourth-order valence-electron chi connectivity index (χ4n) is 3.05. The maximum absolute atomic E-state index is 12.2. The van der Waals surface area contributed by atoms with Crippen molar-refractivity contribution in [2.24, 2.45) is 5.92 Å². The smallest absolute Gasteiger partial charge is 0.316 e. The number of anilines is 1. The van der Waals surface area contributed by atoms with E-state index in [2.05, 4.69) is 33.6 Å². The monoisotopic (exact) mass is 312 g/mol. The normalized spacial score (nSPS) is 19.7. The highest BCUT2D eigenvalue weighted by atomic mass is 16.2. The first-order valence-electron chi connectivity index (χ1n) is 7.74. The quantitative estimate of drug-likeness (QED) is 0.742. The Bertz CT molecular complexity index is 738. The van der Waals surface area contributed by atoms with E-state index in [0.717, 1.165) is 24.1 Å². The van der Waals surface area contributed by atoms with Gasteiger partial charge in [-0.05, 0) is 36.8 Å². The van der Waals surface area contributed by atoms with Crippen LogP contribution in [0.15, 0.2) is 30.5 Å². The van der Waals surface area contributed by atoms with Gasteiger partial charge in [0.1, 0.15) is 0 Å². The van der Waals surface area contributed by atoms with E-state index >= 15 is 0 Å². The highest BCUT2D eigenvalue weighted by molar-refractivity contribution is 6.39. The molecular weight excluding hydrogens is 292 g/mol. The molecule has 1 aliphatic rings. The fourth-order valence-corrected chi connectivity index (χ4v) is 3.05. The number of imidazole rings is 1. The molecule has 1 aliphatic carbocycles. The lowest BCUT2D eigenvalue weighted by molar-refractivity contribution is -0.136. The van der Waals surface area contributed by atoms with Gasteiger partial charge in [0, 0.05) is 11.9 Å². The van der Waals surface area contributed by atoms with Gasteiger partial charge in [0.25, 0.3) is 0 Å². The first-order valence-corrected chi connectivity index (χ1v) is 7.74. The second-order valence-corrected chi connectivity index (χ2v) is 6.14. The number of aromatic nitrogens is 2. The van der Waals surface area contributed by atoms with E-state index < -0.39 is 11.8 Å². The molecule has 1 aromatic heterocycles. The summed E-state index contributed by atoms with van der Waals surface area (Å²) in [5.74, 6) is -0.617. The summed E-state index contributed by atoms with van der Waals surface area (Å²) >= 11 is 0. The Morgan fingerprint density at radius 3 is 2.78 bits per heavy atom. The number of rotatable bonds is 2. The Balaban J connectivity index is 1.69. The number of aromatic amines is 1. The first kappa shape index (κ1) is 15.3. The number of carbonyl (C=O) groups is 2. The van der Waals surface area contributed by atoms with Crippen molar-refractivity contribution >= 4 is 17.8 Å². The van der Waals surface area contributed by atoms with E-state index in [1.54, 1.807) is 6.20 Å². The maximum Gasteiger partial charge on any atom is 0.316 e. The SMILES string of the molecule is Cc1cnc(NC(=O)C(=O)NC2CC(C)Cc3ccccc32)[nH]1. The van der Waals surface area contributed by atoms with Gasteiger partial charge in [-0.3, -0.25) is 14.9 Å². The Kier molecular flexibility index (Phi) is 4.14. The molecular formula is C17H20N4O2. The van der Waals surface area contributed by atoms with Crippen LogP contribution in [0, 0.1) is 12.8 Å². The van der Waals surface area contributed by atoms with E-state index in [1.165, 1.54) is 5.56 Å². The molecule has 1 heterocycles. The van der Waals surface area contributed by atoms with Crippen molar-refractivity contribution in [2.75, 3.05) is 5.32 Å². The number of fused-ring (bicyclic) bond motifs is 1. The highest BCUT2D eigenvalue weighted by Gasteiger charge is 2.27. The van der Waals surface area contributed by atoms with Crippen LogP contribution in [0.3, 0.4) is 0 Å². The molecule has 6 heteroatoms. The van der Waals surface area contributed by atoms with Crippen molar-refractivity contribution in [3.05, 3.63) is 47.3 Å². The third-order valence-corrected chi connectivity index (χ3v) is 4.08. The summed E-state index contributed by atoms with van der Waals surface area (Å²) in [6.45, 7) is 3.98. The molecule has 0 spiro atoms. The molecule has 6 nitrogen and oxygen atoms in total. The van der Waals surface area contributed by atoms with Gasteiger partial charge in [-0.15, -0.1) is 0 Å². The molecule has 0 bridgehead atoms. The first-order chi connectivity index (χ1) is 11.0. The molecule has 2 amide bonds. The van der Waals surface area contributed by atoms with Gasteiger partial charge in [0.15, 0.2) is 0 Å². The molecule has 1 aromatic carbocycles. The summed E-state index contributed by atoms with van der Waals surface area (Å²) in [4.78, 5) is 31.0. The number of carbonyl (C=O) groups excluding carboxylic acids is 2. The molecule has 2 unspecified atom stereocenters. The van der Waals surface area contributed by atoms with E-state index in [0.29, 0.717) is 5.92 Å². The molecule has 23 heavy (non-hydrogen) atoms. The van der Waals surface area contributed by atoms with E-state index in [-0.39, 0.29) is 12.0 Å². The summed E-state index contributed by atoms with van der Waals surface area (Å²) in [5.41, 5.74) is 3.15. The highest BCUT2D eigenvalue weighted by Crippen LogP contribution is 2.32. The largest absolute Gasteiger partial charge is 0.341 e. The molecule has 3 N–H and O–H groups in total. The summed E-state index contributed by atoms with van der Waals surface area (Å²) in [6, 6.07) is 7.92. The summed E-state index contributed by atoms with van der Waals surface area (Å²) in [5, 5.41) is 5.31. The standard InChI is InChI=1S/C17H20N4O2/c1-10-7-12-5-3-4-6-13(12)14(8-10)20-15(22)16(23)21-17-18-9-11(2)19-17/h3-6,9-10,14H,7-8H2,1-2H3,(H,20,22)(H2,18,19,21,23). The topological polar surface area (TPSA) is 86.9 Å². The number of aryl methyl sites for hydroxylation is 1. The second kappa shape index (κ2) is 6.24. The lowest BCUT2D eigenvalue weighted by atomic mass is 9.81. The van der Waals surface area contributed by atoms with Crippen LogP contribution >= 0.6 is 0 Å². The van der Waals surface area contributed by atoms with Crippen LogP contribution in [0.5, 0.6) is 0 Å². The Labute approximate surface area is 134 Å². The summed E-state index contributed by atoms with van der Waals surface area (Å²) in [6.07, 6.45) is 3.42. The average Bonchev–Trinajstić information content (AvgIpc) is 2.92. The predicted molar refractivity (Wildman–Crippen MR) is 86.8 cm³/mol. The predicted octanol–water partition coefficient (Wildman–Crippen LogP) is 2.10. The third kappa shape index (κ3) is 3.41. The van der Waals surface area contributed by atoms with E-state index in [4.69, 9.17) is 0 Å². The Morgan fingerprint density at radius 1 is 1.26 bits per heavy atom. The third-order valence-electron chi connectivity index (χ3n) is 4.08. The number of H-pyrrole nitrogens is 1. The fraction of sp³-hybridized carbons (Fsp3) is 0.353. The van der Waals surface area contributed by atoms with Crippen LogP contribution in [0.4, 0.5) is 5.95 Å². The molecule has 0 saturated heterocycles. The lowest BCUT2D eigenvalue weighted by Gasteiger charge is -2.30. The number of hydrogen-bond donors (Lipinski definition) is 3. The van der Waals surface area contributed by atoms with Crippen LogP contribution in [-0.4, -0.2) is 21.8 Å². The van der Waals surface area contributed by atoms with Crippen LogP contribution in [-0.2, 0) is 16.0 Å². The minimum absolute atomic E-state index is 0.133. The van der Waals surface area contributed by atoms with Crippen molar-refractivity contribution < 1.29 is 9.59 Å². The molecule has 2 aromatic rings. The van der Waals surface area contributed by atoms with Crippen molar-refractivity contribution in [3.8, 4) is 0 Å². The molecule has 3 rings (SSSR count). The molecule has 2 atom stereocenters. The van der Waals surface area contributed by atoms with Crippen LogP contribution in [0.25, 0.3) is 0 Å². The van der Waals surface area contributed by atoms with E-state index in [9.17, 15) is 9.59 Å².